The Hall–Kier alpha value is -1.90. The van der Waals surface area contributed by atoms with Crippen molar-refractivity contribution < 1.29 is 22.7 Å². The van der Waals surface area contributed by atoms with Gasteiger partial charge in [0.1, 0.15) is 0 Å². The van der Waals surface area contributed by atoms with E-state index in [2.05, 4.69) is 5.32 Å². The summed E-state index contributed by atoms with van der Waals surface area (Å²) in [6.07, 6.45) is 3.51. The zero-order valence-electron chi connectivity index (χ0n) is 15.0. The van der Waals surface area contributed by atoms with Crippen LogP contribution in [0.4, 0.5) is 5.69 Å². The van der Waals surface area contributed by atoms with Crippen molar-refractivity contribution in [2.24, 2.45) is 0 Å². The highest BCUT2D eigenvalue weighted by Gasteiger charge is 2.22. The maximum atomic E-state index is 12.6. The third-order valence-electron chi connectivity index (χ3n) is 3.39. The average Bonchev–Trinajstić information content (AvgIpc) is 2.60. The molecule has 0 bridgehead atoms. The van der Waals surface area contributed by atoms with Crippen LogP contribution in [0.15, 0.2) is 35.2 Å². The van der Waals surface area contributed by atoms with E-state index in [1.54, 1.807) is 19.9 Å². The number of carbonyl (C=O) groups excluding carboxylic acids is 2. The Bertz CT molecular complexity index is 773. The molecule has 0 aliphatic heterocycles. The molecular weight excluding hydrogens is 380 g/mol. The van der Waals surface area contributed by atoms with E-state index < -0.39 is 28.5 Å². The number of hydrogen-bond acceptors (Lipinski definition) is 5. The van der Waals surface area contributed by atoms with Crippen LogP contribution in [0.5, 0.6) is 0 Å². The molecule has 0 saturated carbocycles. The van der Waals surface area contributed by atoms with E-state index >= 15 is 0 Å². The van der Waals surface area contributed by atoms with Crippen LogP contribution in [0.1, 0.15) is 27.2 Å². The molecule has 9 heteroatoms. The molecule has 1 N–H and O–H groups in total. The lowest BCUT2D eigenvalue weighted by Gasteiger charge is -2.19. The molecule has 144 valence electrons. The lowest BCUT2D eigenvalue weighted by Crippen LogP contribution is -2.30. The molecule has 0 atom stereocenters. The third kappa shape index (κ3) is 6.12. The van der Waals surface area contributed by atoms with Gasteiger partial charge in [-0.1, -0.05) is 38.4 Å². The van der Waals surface area contributed by atoms with E-state index in [0.29, 0.717) is 19.5 Å². The second kappa shape index (κ2) is 10.3. The zero-order valence-corrected chi connectivity index (χ0v) is 16.6. The summed E-state index contributed by atoms with van der Waals surface area (Å²) in [5, 5.41) is 2.63. The Morgan fingerprint density at radius 3 is 2.46 bits per heavy atom. The van der Waals surface area contributed by atoms with Crippen LogP contribution in [0.2, 0.25) is 5.02 Å². The molecule has 0 saturated heterocycles. The molecule has 0 radical (unpaired) electrons. The molecule has 1 aromatic carbocycles. The minimum atomic E-state index is -3.68. The maximum absolute atomic E-state index is 12.6. The van der Waals surface area contributed by atoms with Gasteiger partial charge in [-0.05, 0) is 24.6 Å². The van der Waals surface area contributed by atoms with Gasteiger partial charge in [0.2, 0.25) is 10.0 Å². The van der Waals surface area contributed by atoms with Crippen molar-refractivity contribution in [1.82, 2.24) is 4.31 Å². The molecule has 0 aliphatic rings. The monoisotopic (exact) mass is 402 g/mol. The van der Waals surface area contributed by atoms with Crippen molar-refractivity contribution in [3.8, 4) is 0 Å². The number of hydrogen-bond donors (Lipinski definition) is 1. The van der Waals surface area contributed by atoms with Crippen LogP contribution in [0.25, 0.3) is 0 Å². The molecule has 0 fully saturated rings. The van der Waals surface area contributed by atoms with Crippen molar-refractivity contribution in [3.05, 3.63) is 35.4 Å². The molecule has 0 aromatic heterocycles. The Morgan fingerprint density at radius 1 is 1.23 bits per heavy atom. The number of rotatable bonds is 9. The molecule has 0 spiro atoms. The van der Waals surface area contributed by atoms with Crippen LogP contribution in [-0.2, 0) is 24.3 Å². The zero-order chi connectivity index (χ0) is 19.7. The lowest BCUT2D eigenvalue weighted by molar-refractivity contribution is -0.142. The summed E-state index contributed by atoms with van der Waals surface area (Å²) in [5.41, 5.74) is 0.130. The maximum Gasteiger partial charge on any atom is 0.330 e. The van der Waals surface area contributed by atoms with Crippen LogP contribution < -0.4 is 5.32 Å². The molecule has 0 unspecified atom stereocenters. The number of ether oxygens (including phenoxy) is 1. The van der Waals surface area contributed by atoms with Gasteiger partial charge in [0, 0.05) is 19.2 Å². The van der Waals surface area contributed by atoms with Crippen LogP contribution in [-0.4, -0.2) is 44.3 Å². The minimum Gasteiger partial charge on any atom is -0.452 e. The van der Waals surface area contributed by atoms with Crippen molar-refractivity contribution in [2.45, 2.75) is 32.1 Å². The number of carbonyl (C=O) groups is 2. The summed E-state index contributed by atoms with van der Waals surface area (Å²) in [6, 6.07) is 4.05. The van der Waals surface area contributed by atoms with Gasteiger partial charge in [-0.25, -0.2) is 13.2 Å². The van der Waals surface area contributed by atoms with E-state index in [0.717, 1.165) is 0 Å². The van der Waals surface area contributed by atoms with E-state index in [1.165, 1.54) is 28.6 Å². The fourth-order valence-electron chi connectivity index (χ4n) is 2.06. The van der Waals surface area contributed by atoms with Gasteiger partial charge in [0.25, 0.3) is 5.91 Å². The summed E-state index contributed by atoms with van der Waals surface area (Å²) >= 11 is 6.03. The SMILES string of the molecule is CC/C=C/C(=O)OCC(=O)Nc1cc(S(=O)(=O)N(CC)CC)ccc1Cl. The van der Waals surface area contributed by atoms with Gasteiger partial charge in [0.15, 0.2) is 6.61 Å². The molecule has 0 heterocycles. The third-order valence-corrected chi connectivity index (χ3v) is 5.77. The van der Waals surface area contributed by atoms with Gasteiger partial charge in [0.05, 0.1) is 15.6 Å². The number of esters is 1. The highest BCUT2D eigenvalue weighted by molar-refractivity contribution is 7.89. The Balaban J connectivity index is 2.89. The van der Waals surface area contributed by atoms with Gasteiger partial charge in [-0.15, -0.1) is 0 Å². The van der Waals surface area contributed by atoms with Gasteiger partial charge >= 0.3 is 5.97 Å². The normalized spacial score (nSPS) is 11.7. The Labute approximate surface area is 159 Å². The van der Waals surface area contributed by atoms with E-state index in [-0.39, 0.29) is 15.6 Å². The first-order chi connectivity index (χ1) is 12.3. The number of nitrogens with one attached hydrogen (secondary N) is 1. The number of benzene rings is 1. The Kier molecular flexibility index (Phi) is 8.77. The number of allylic oxidation sites excluding steroid dienone is 1. The topological polar surface area (TPSA) is 92.8 Å². The van der Waals surface area contributed by atoms with Crippen molar-refractivity contribution in [2.75, 3.05) is 25.0 Å². The van der Waals surface area contributed by atoms with Crippen molar-refractivity contribution >= 4 is 39.2 Å². The fraction of sp³-hybridized carbons (Fsp3) is 0.412. The summed E-state index contributed by atoms with van der Waals surface area (Å²) < 4.78 is 31.2. The molecule has 7 nitrogen and oxygen atoms in total. The summed E-state index contributed by atoms with van der Waals surface area (Å²) in [7, 11) is -3.68. The van der Waals surface area contributed by atoms with Gasteiger partial charge < -0.3 is 10.1 Å². The molecule has 1 rings (SSSR count). The number of sulfonamides is 1. The molecule has 26 heavy (non-hydrogen) atoms. The quantitative estimate of drug-likeness (QED) is 0.506. The lowest BCUT2D eigenvalue weighted by atomic mass is 10.3. The predicted octanol–water partition coefficient (Wildman–Crippen LogP) is 2.82. The van der Waals surface area contributed by atoms with Crippen LogP contribution >= 0.6 is 11.6 Å². The van der Waals surface area contributed by atoms with E-state index in [1.807, 2.05) is 6.92 Å². The highest BCUT2D eigenvalue weighted by atomic mass is 35.5. The summed E-state index contributed by atoms with van der Waals surface area (Å²) in [5.74, 6) is -1.26. The first kappa shape index (κ1) is 22.1. The largest absolute Gasteiger partial charge is 0.452 e. The van der Waals surface area contributed by atoms with Crippen LogP contribution in [0.3, 0.4) is 0 Å². The van der Waals surface area contributed by atoms with Crippen LogP contribution in [0, 0.1) is 0 Å². The predicted molar refractivity (Wildman–Crippen MR) is 101 cm³/mol. The smallest absolute Gasteiger partial charge is 0.330 e. The number of nitrogens with zero attached hydrogens (tertiary/aromatic N) is 1. The second-order valence-electron chi connectivity index (χ2n) is 5.20. The van der Waals surface area contributed by atoms with Gasteiger partial charge in [-0.3, -0.25) is 4.79 Å². The number of anilines is 1. The second-order valence-corrected chi connectivity index (χ2v) is 7.54. The van der Waals surface area contributed by atoms with E-state index in [9.17, 15) is 18.0 Å². The molecule has 0 aliphatic carbocycles. The Morgan fingerprint density at radius 2 is 1.88 bits per heavy atom. The minimum absolute atomic E-state index is 0.0174. The average molecular weight is 403 g/mol. The van der Waals surface area contributed by atoms with E-state index in [4.69, 9.17) is 16.3 Å². The fourth-order valence-corrected chi connectivity index (χ4v) is 3.71. The van der Waals surface area contributed by atoms with Crippen molar-refractivity contribution in [1.29, 1.82) is 0 Å². The first-order valence-corrected chi connectivity index (χ1v) is 10.0. The van der Waals surface area contributed by atoms with Gasteiger partial charge in [-0.2, -0.15) is 4.31 Å². The molecule has 1 amide bonds. The molecule has 1 aromatic rings. The molecular formula is C17H23ClN2O5S. The van der Waals surface area contributed by atoms with Crippen molar-refractivity contribution in [3.63, 3.8) is 0 Å². The number of amides is 1. The number of halogens is 1. The first-order valence-electron chi connectivity index (χ1n) is 8.19. The standard InChI is InChI=1S/C17H23ClN2O5S/c1-4-7-8-17(22)25-12-16(21)19-15-11-13(9-10-14(15)18)26(23,24)20(5-2)6-3/h7-11H,4-6,12H2,1-3H3,(H,19,21)/b8-7+. The highest BCUT2D eigenvalue weighted by Crippen LogP contribution is 2.27. The summed E-state index contributed by atoms with van der Waals surface area (Å²) in [4.78, 5) is 23.3. The summed E-state index contributed by atoms with van der Waals surface area (Å²) in [6.45, 7) is 5.48.